The Hall–Kier alpha value is -2.34. The molecule has 0 saturated carbocycles. The van der Waals surface area contributed by atoms with Crippen LogP contribution >= 0.6 is 11.3 Å². The lowest BCUT2D eigenvalue weighted by Crippen LogP contribution is -2.33. The van der Waals surface area contributed by atoms with Crippen LogP contribution in [0, 0.1) is 13.8 Å². The molecule has 2 rings (SSSR count). The summed E-state index contributed by atoms with van der Waals surface area (Å²) in [6.07, 6.45) is 0. The first-order chi connectivity index (χ1) is 10.4. The first kappa shape index (κ1) is 16.0. The zero-order valence-electron chi connectivity index (χ0n) is 12.5. The summed E-state index contributed by atoms with van der Waals surface area (Å²) in [6, 6.07) is 5.98. The molecule has 6 heteroatoms. The van der Waals surface area contributed by atoms with Crippen LogP contribution in [0.4, 0.5) is 0 Å². The van der Waals surface area contributed by atoms with Crippen molar-refractivity contribution < 1.29 is 19.4 Å². The third-order valence-corrected chi connectivity index (χ3v) is 4.04. The molecule has 2 N–H and O–H groups in total. The van der Waals surface area contributed by atoms with E-state index in [4.69, 9.17) is 4.74 Å². The number of benzene rings is 1. The number of hydrogen-bond acceptors (Lipinski definition) is 4. The first-order valence-corrected chi connectivity index (χ1v) is 7.53. The van der Waals surface area contributed by atoms with E-state index in [1.54, 1.807) is 23.6 Å². The van der Waals surface area contributed by atoms with Crippen LogP contribution in [0.2, 0.25) is 0 Å². The average Bonchev–Trinajstić information content (AvgIpc) is 2.92. The molecule has 1 unspecified atom stereocenters. The lowest BCUT2D eigenvalue weighted by atomic mass is 10.0. The Morgan fingerprint density at radius 2 is 1.82 bits per heavy atom. The van der Waals surface area contributed by atoms with Gasteiger partial charge in [0.2, 0.25) is 0 Å². The highest BCUT2D eigenvalue weighted by Crippen LogP contribution is 2.23. The van der Waals surface area contributed by atoms with E-state index in [0.29, 0.717) is 16.2 Å². The lowest BCUT2D eigenvalue weighted by Gasteiger charge is -2.15. The predicted octanol–water partition coefficient (Wildman–Crippen LogP) is 2.93. The first-order valence-electron chi connectivity index (χ1n) is 6.65. The van der Waals surface area contributed by atoms with Crippen LogP contribution in [-0.4, -0.2) is 24.1 Å². The second-order valence-electron chi connectivity index (χ2n) is 5.02. The van der Waals surface area contributed by atoms with E-state index in [9.17, 15) is 14.7 Å². The Balaban J connectivity index is 2.25. The number of ether oxygens (including phenoxy) is 1. The normalized spacial score (nSPS) is 11.8. The highest BCUT2D eigenvalue weighted by atomic mass is 32.1. The minimum atomic E-state index is -1.10. The highest BCUT2D eigenvalue weighted by Gasteiger charge is 2.24. The van der Waals surface area contributed by atoms with Gasteiger partial charge in [-0.3, -0.25) is 4.79 Å². The van der Waals surface area contributed by atoms with Crippen molar-refractivity contribution in [3.05, 3.63) is 51.2 Å². The van der Waals surface area contributed by atoms with Crippen LogP contribution in [0.15, 0.2) is 29.6 Å². The second-order valence-corrected chi connectivity index (χ2v) is 5.93. The van der Waals surface area contributed by atoms with Crippen molar-refractivity contribution in [1.29, 1.82) is 0 Å². The van der Waals surface area contributed by atoms with E-state index in [2.05, 4.69) is 5.32 Å². The number of carboxylic acid groups (broad SMARTS) is 1. The van der Waals surface area contributed by atoms with Crippen molar-refractivity contribution in [2.24, 2.45) is 0 Å². The van der Waals surface area contributed by atoms with Gasteiger partial charge in [-0.2, -0.15) is 0 Å². The molecule has 0 radical (unpaired) electrons. The Kier molecular flexibility index (Phi) is 4.82. The summed E-state index contributed by atoms with van der Waals surface area (Å²) in [4.78, 5) is 24.1. The zero-order valence-corrected chi connectivity index (χ0v) is 13.4. The van der Waals surface area contributed by atoms with Crippen LogP contribution in [-0.2, 0) is 4.79 Å². The largest absolute Gasteiger partial charge is 0.496 e. The average molecular weight is 319 g/mol. The lowest BCUT2D eigenvalue weighted by molar-refractivity contribution is -0.139. The number of carboxylic acids is 1. The summed E-state index contributed by atoms with van der Waals surface area (Å²) in [5, 5.41) is 13.7. The molecule has 22 heavy (non-hydrogen) atoms. The summed E-state index contributed by atoms with van der Waals surface area (Å²) in [7, 11) is 1.51. The van der Waals surface area contributed by atoms with Gasteiger partial charge in [0.15, 0.2) is 6.04 Å². The quantitative estimate of drug-likeness (QED) is 0.888. The Bertz CT molecular complexity index is 688. The number of carbonyl (C=O) groups is 2. The molecule has 0 saturated heterocycles. The summed E-state index contributed by atoms with van der Waals surface area (Å²) in [5.74, 6) is -0.949. The summed E-state index contributed by atoms with van der Waals surface area (Å²) in [6.45, 7) is 3.78. The number of carbonyl (C=O) groups excluding carboxylic acids is 1. The Labute approximate surface area is 132 Å². The minimum absolute atomic E-state index is 0.410. The molecule has 0 aliphatic rings. The molecule has 0 bridgehead atoms. The molecule has 2 aromatic rings. The fourth-order valence-corrected chi connectivity index (χ4v) is 2.97. The molecule has 1 aromatic heterocycles. The number of aryl methyl sites for hydroxylation is 2. The van der Waals surface area contributed by atoms with Crippen molar-refractivity contribution in [3.8, 4) is 5.75 Å². The maximum atomic E-state index is 12.2. The van der Waals surface area contributed by atoms with E-state index in [1.165, 1.54) is 18.4 Å². The van der Waals surface area contributed by atoms with Gasteiger partial charge in [-0.25, -0.2) is 4.79 Å². The molecule has 1 heterocycles. The van der Waals surface area contributed by atoms with E-state index in [-0.39, 0.29) is 0 Å². The Morgan fingerprint density at radius 1 is 1.18 bits per heavy atom. The van der Waals surface area contributed by atoms with Crippen LogP contribution in [0.5, 0.6) is 5.75 Å². The van der Waals surface area contributed by atoms with E-state index >= 15 is 0 Å². The van der Waals surface area contributed by atoms with Gasteiger partial charge in [0.05, 0.1) is 12.0 Å². The third-order valence-electron chi connectivity index (χ3n) is 3.13. The maximum Gasteiger partial charge on any atom is 0.330 e. The zero-order chi connectivity index (χ0) is 16.3. The van der Waals surface area contributed by atoms with Gasteiger partial charge in [-0.15, -0.1) is 11.3 Å². The summed E-state index contributed by atoms with van der Waals surface area (Å²) >= 11 is 1.21. The van der Waals surface area contributed by atoms with E-state index in [1.807, 2.05) is 19.9 Å². The molecule has 0 aliphatic carbocycles. The van der Waals surface area contributed by atoms with Gasteiger partial charge < -0.3 is 15.2 Å². The van der Waals surface area contributed by atoms with Gasteiger partial charge in [0.1, 0.15) is 5.75 Å². The van der Waals surface area contributed by atoms with Crippen molar-refractivity contribution in [2.45, 2.75) is 19.9 Å². The molecule has 116 valence electrons. The topological polar surface area (TPSA) is 75.6 Å². The molecular formula is C16H17NO4S. The number of methoxy groups -OCH3 is 1. The molecule has 1 amide bonds. The van der Waals surface area contributed by atoms with Gasteiger partial charge >= 0.3 is 5.97 Å². The van der Waals surface area contributed by atoms with E-state index < -0.39 is 17.9 Å². The van der Waals surface area contributed by atoms with Crippen molar-refractivity contribution in [1.82, 2.24) is 5.32 Å². The highest BCUT2D eigenvalue weighted by molar-refractivity contribution is 7.12. The van der Waals surface area contributed by atoms with Crippen molar-refractivity contribution >= 4 is 23.2 Å². The SMILES string of the molecule is COc1csc(C(=O)NC(C(=O)O)c2cc(C)cc(C)c2)c1. The molecule has 1 aromatic carbocycles. The fraction of sp³-hybridized carbons (Fsp3) is 0.250. The maximum absolute atomic E-state index is 12.2. The minimum Gasteiger partial charge on any atom is -0.496 e. The number of aliphatic carboxylic acids is 1. The van der Waals surface area contributed by atoms with E-state index in [0.717, 1.165) is 11.1 Å². The number of nitrogens with one attached hydrogen (secondary N) is 1. The van der Waals surface area contributed by atoms with Crippen molar-refractivity contribution in [2.75, 3.05) is 7.11 Å². The monoisotopic (exact) mass is 319 g/mol. The van der Waals surface area contributed by atoms with Gasteiger partial charge in [0.25, 0.3) is 5.91 Å². The van der Waals surface area contributed by atoms with Gasteiger partial charge in [-0.05, 0) is 19.4 Å². The molecule has 0 fully saturated rings. The second kappa shape index (κ2) is 6.62. The van der Waals surface area contributed by atoms with Crippen LogP contribution in [0.3, 0.4) is 0 Å². The smallest absolute Gasteiger partial charge is 0.330 e. The molecule has 5 nitrogen and oxygen atoms in total. The number of amides is 1. The van der Waals surface area contributed by atoms with Gasteiger partial charge in [0, 0.05) is 11.4 Å². The third kappa shape index (κ3) is 3.65. The fourth-order valence-electron chi connectivity index (χ4n) is 2.21. The molecule has 0 aliphatic heterocycles. The van der Waals surface area contributed by atoms with Gasteiger partial charge in [-0.1, -0.05) is 29.3 Å². The van der Waals surface area contributed by atoms with Crippen molar-refractivity contribution in [3.63, 3.8) is 0 Å². The molecule has 0 spiro atoms. The molecular weight excluding hydrogens is 302 g/mol. The summed E-state index contributed by atoms with van der Waals surface area (Å²) in [5.41, 5.74) is 2.46. The number of rotatable bonds is 5. The number of thiophene rings is 1. The van der Waals surface area contributed by atoms with Crippen LogP contribution in [0.1, 0.15) is 32.4 Å². The van der Waals surface area contributed by atoms with Crippen LogP contribution < -0.4 is 10.1 Å². The predicted molar refractivity (Wildman–Crippen MR) is 84.6 cm³/mol. The molecule has 1 atom stereocenters. The standard InChI is InChI=1S/C16H17NO4S/c1-9-4-10(2)6-11(5-9)14(16(19)20)17-15(18)13-7-12(21-3)8-22-13/h4-8,14H,1-3H3,(H,17,18)(H,19,20). The summed E-state index contributed by atoms with van der Waals surface area (Å²) < 4.78 is 5.03. The van der Waals surface area contributed by atoms with Crippen LogP contribution in [0.25, 0.3) is 0 Å². The Morgan fingerprint density at radius 3 is 2.32 bits per heavy atom. The number of hydrogen-bond donors (Lipinski definition) is 2.